The average Bonchev–Trinajstić information content (AvgIpc) is 2.75. The predicted molar refractivity (Wildman–Crippen MR) is 121 cm³/mol. The van der Waals surface area contributed by atoms with E-state index in [9.17, 15) is 21.6 Å². The Morgan fingerprint density at radius 1 is 0.879 bits per heavy atom. The summed E-state index contributed by atoms with van der Waals surface area (Å²) < 4.78 is 65.9. The number of carbonyl (C=O) groups excluding carboxylic acids is 1. The molecule has 2 rings (SSSR count). The van der Waals surface area contributed by atoms with Crippen LogP contribution in [0.15, 0.2) is 58.3 Å². The van der Waals surface area contributed by atoms with E-state index in [0.717, 1.165) is 11.1 Å². The van der Waals surface area contributed by atoms with Crippen LogP contribution in [0.25, 0.3) is 0 Å². The van der Waals surface area contributed by atoms with E-state index in [-0.39, 0.29) is 22.6 Å². The van der Waals surface area contributed by atoms with Crippen molar-refractivity contribution in [2.24, 2.45) is 0 Å². The van der Waals surface area contributed by atoms with Crippen LogP contribution in [0.5, 0.6) is 0 Å². The van der Waals surface area contributed by atoms with Crippen molar-refractivity contribution < 1.29 is 34.7 Å². The lowest BCUT2D eigenvalue weighted by atomic mass is 10.1. The molecule has 178 valence electrons. The maximum absolute atomic E-state index is 12.7. The minimum absolute atomic E-state index is 0.0398. The first-order chi connectivity index (χ1) is 15.4. The van der Waals surface area contributed by atoms with E-state index in [1.54, 1.807) is 31.2 Å². The van der Waals surface area contributed by atoms with Crippen LogP contribution in [-0.2, 0) is 38.1 Å². The number of benzene rings is 2. The molecule has 0 aromatic heterocycles. The lowest BCUT2D eigenvalue weighted by Crippen LogP contribution is -2.27. The van der Waals surface area contributed by atoms with Gasteiger partial charge in [-0.2, -0.15) is 16.8 Å². The van der Waals surface area contributed by atoms with Crippen LogP contribution < -0.4 is 0 Å². The van der Waals surface area contributed by atoms with Gasteiger partial charge in [0.15, 0.2) is 6.10 Å². The molecule has 0 aliphatic rings. The van der Waals surface area contributed by atoms with Gasteiger partial charge in [-0.3, -0.25) is 13.2 Å². The van der Waals surface area contributed by atoms with Crippen LogP contribution >= 0.6 is 0 Å². The van der Waals surface area contributed by atoms with Gasteiger partial charge in [0.25, 0.3) is 20.2 Å². The molecule has 0 fully saturated rings. The molecule has 0 radical (unpaired) electrons. The van der Waals surface area contributed by atoms with Gasteiger partial charge < -0.3 is 4.74 Å². The number of terminal acetylenes is 1. The molecular weight excluding hydrogens is 468 g/mol. The summed E-state index contributed by atoms with van der Waals surface area (Å²) in [4.78, 5) is 11.0. The van der Waals surface area contributed by atoms with Gasteiger partial charge in [-0.1, -0.05) is 41.3 Å². The number of hydrogen-bond acceptors (Lipinski definition) is 8. The van der Waals surface area contributed by atoms with Gasteiger partial charge >= 0.3 is 5.97 Å². The van der Waals surface area contributed by atoms with E-state index in [4.69, 9.17) is 19.5 Å². The standard InChI is InChI=1S/C23H26O8S2/c1-5-20(30-19(4)24)10-11-21(31-33(27,28)23-14-8-18(3)9-15-23)16-29-32(25,26)22-12-6-17(2)7-13-22/h1,6-9,12-15,20-21H,10-11,16H2,2-4H3/t20-,21+/m1/s1. The summed E-state index contributed by atoms with van der Waals surface area (Å²) >= 11 is 0. The minimum atomic E-state index is -4.23. The van der Waals surface area contributed by atoms with Crippen LogP contribution in [0.3, 0.4) is 0 Å². The molecule has 2 atom stereocenters. The molecular formula is C23H26O8S2. The summed E-state index contributed by atoms with van der Waals surface area (Å²) in [6, 6.07) is 12.0. The normalized spacial score (nSPS) is 13.6. The zero-order chi connectivity index (χ0) is 24.6. The molecule has 0 saturated carbocycles. The Labute approximate surface area is 195 Å². The molecule has 8 nitrogen and oxygen atoms in total. The molecule has 0 amide bonds. The van der Waals surface area contributed by atoms with Crippen molar-refractivity contribution in [2.45, 2.75) is 55.6 Å². The molecule has 0 aliphatic heterocycles. The number of rotatable bonds is 11. The Balaban J connectivity index is 2.20. The highest BCUT2D eigenvalue weighted by Gasteiger charge is 2.26. The lowest BCUT2D eigenvalue weighted by Gasteiger charge is -2.19. The quantitative estimate of drug-likeness (QED) is 0.266. The van der Waals surface area contributed by atoms with E-state index < -0.39 is 45.0 Å². The molecule has 0 unspecified atom stereocenters. The van der Waals surface area contributed by atoms with Crippen molar-refractivity contribution in [1.29, 1.82) is 0 Å². The summed E-state index contributed by atoms with van der Waals surface area (Å²) in [5.74, 6) is 1.69. The van der Waals surface area contributed by atoms with Crippen molar-refractivity contribution >= 4 is 26.2 Å². The number of ether oxygens (including phenoxy) is 1. The van der Waals surface area contributed by atoms with E-state index >= 15 is 0 Å². The first-order valence-corrected chi connectivity index (χ1v) is 12.8. The Morgan fingerprint density at radius 2 is 1.36 bits per heavy atom. The molecule has 33 heavy (non-hydrogen) atoms. The molecule has 2 aromatic rings. The zero-order valence-electron chi connectivity index (χ0n) is 18.6. The third kappa shape index (κ3) is 8.29. The van der Waals surface area contributed by atoms with Gasteiger partial charge in [-0.05, 0) is 51.0 Å². The summed E-state index contributed by atoms with van der Waals surface area (Å²) in [7, 11) is -8.39. The summed E-state index contributed by atoms with van der Waals surface area (Å²) in [5.41, 5.74) is 1.72. The largest absolute Gasteiger partial charge is 0.449 e. The fourth-order valence-corrected chi connectivity index (χ4v) is 4.78. The summed E-state index contributed by atoms with van der Waals surface area (Å²) in [5, 5.41) is 0. The van der Waals surface area contributed by atoms with Crippen molar-refractivity contribution in [3.8, 4) is 12.3 Å². The van der Waals surface area contributed by atoms with Crippen molar-refractivity contribution in [3.63, 3.8) is 0 Å². The van der Waals surface area contributed by atoms with Crippen LogP contribution in [-0.4, -0.2) is 41.6 Å². The van der Waals surface area contributed by atoms with Gasteiger partial charge in [0, 0.05) is 6.92 Å². The maximum Gasteiger partial charge on any atom is 0.303 e. The van der Waals surface area contributed by atoms with Crippen molar-refractivity contribution in [3.05, 3.63) is 59.7 Å². The molecule has 0 heterocycles. The second-order valence-corrected chi connectivity index (χ2v) is 10.6. The first kappa shape index (κ1) is 26.5. The molecule has 2 aromatic carbocycles. The number of carbonyl (C=O) groups is 1. The van der Waals surface area contributed by atoms with E-state index in [1.807, 2.05) is 6.92 Å². The van der Waals surface area contributed by atoms with E-state index in [2.05, 4.69) is 5.92 Å². The minimum Gasteiger partial charge on any atom is -0.449 e. The molecule has 0 bridgehead atoms. The fourth-order valence-electron chi connectivity index (χ4n) is 2.75. The molecule has 0 N–H and O–H groups in total. The predicted octanol–water partition coefficient (Wildman–Crippen LogP) is 3.13. The number of aryl methyl sites for hydroxylation is 2. The van der Waals surface area contributed by atoms with Crippen LogP contribution in [0.1, 0.15) is 30.9 Å². The topological polar surface area (TPSA) is 113 Å². The molecule has 0 aliphatic carbocycles. The van der Waals surface area contributed by atoms with E-state index in [0.29, 0.717) is 0 Å². The van der Waals surface area contributed by atoms with Crippen LogP contribution in [0.4, 0.5) is 0 Å². The van der Waals surface area contributed by atoms with Crippen LogP contribution in [0, 0.1) is 26.2 Å². The second kappa shape index (κ2) is 11.4. The smallest absolute Gasteiger partial charge is 0.303 e. The van der Waals surface area contributed by atoms with Crippen molar-refractivity contribution in [2.75, 3.05) is 6.61 Å². The highest BCUT2D eigenvalue weighted by Crippen LogP contribution is 2.20. The monoisotopic (exact) mass is 494 g/mol. The summed E-state index contributed by atoms with van der Waals surface area (Å²) in [6.45, 7) is 4.22. The maximum atomic E-state index is 12.7. The Hall–Kier alpha value is -2.71. The zero-order valence-corrected chi connectivity index (χ0v) is 20.2. The van der Waals surface area contributed by atoms with Gasteiger partial charge in [-0.25, -0.2) is 0 Å². The third-order valence-electron chi connectivity index (χ3n) is 4.54. The number of hydrogen-bond donors (Lipinski definition) is 0. The van der Waals surface area contributed by atoms with E-state index in [1.165, 1.54) is 31.2 Å². The third-order valence-corrected chi connectivity index (χ3v) is 7.21. The van der Waals surface area contributed by atoms with Crippen molar-refractivity contribution in [1.82, 2.24) is 0 Å². The number of esters is 1. The highest BCUT2D eigenvalue weighted by molar-refractivity contribution is 7.87. The lowest BCUT2D eigenvalue weighted by molar-refractivity contribution is -0.144. The van der Waals surface area contributed by atoms with Gasteiger partial charge in [0.1, 0.15) is 6.10 Å². The SMILES string of the molecule is C#C[C@H](CC[C@@H](COS(=O)(=O)c1ccc(C)cc1)OS(=O)(=O)c1ccc(C)cc1)OC(C)=O. The molecule has 10 heteroatoms. The highest BCUT2D eigenvalue weighted by atomic mass is 32.2. The van der Waals surface area contributed by atoms with Gasteiger partial charge in [-0.15, -0.1) is 6.42 Å². The van der Waals surface area contributed by atoms with Crippen LogP contribution in [0.2, 0.25) is 0 Å². The Morgan fingerprint density at radius 3 is 1.82 bits per heavy atom. The summed E-state index contributed by atoms with van der Waals surface area (Å²) in [6.07, 6.45) is 3.22. The fraction of sp³-hybridized carbons (Fsp3) is 0.348. The Bertz CT molecular complexity index is 1190. The first-order valence-electron chi connectivity index (χ1n) is 10.0. The van der Waals surface area contributed by atoms with Gasteiger partial charge in [0.05, 0.1) is 16.4 Å². The average molecular weight is 495 g/mol. The molecule has 0 saturated heterocycles. The Kier molecular flexibility index (Phi) is 9.19. The molecule has 0 spiro atoms. The van der Waals surface area contributed by atoms with Gasteiger partial charge in [0.2, 0.25) is 0 Å². The second-order valence-electron chi connectivity index (χ2n) is 7.38.